The summed E-state index contributed by atoms with van der Waals surface area (Å²) in [6.45, 7) is 4.17. The standard InChI is InChI=1S/C16H16Cl2IN/c1-9-6-12(13(17)7-10(9)2)16(20-3)11-4-5-15(19)14(18)8-11/h4-8,16,20H,1-3H3. The smallest absolute Gasteiger partial charge is 0.0589 e. The van der Waals surface area contributed by atoms with Gasteiger partial charge in [-0.25, -0.2) is 0 Å². The zero-order valence-electron chi connectivity index (χ0n) is 11.6. The third-order valence-electron chi connectivity index (χ3n) is 3.49. The van der Waals surface area contributed by atoms with Crippen LogP contribution in [0, 0.1) is 17.4 Å². The van der Waals surface area contributed by atoms with Crippen LogP contribution in [0.15, 0.2) is 30.3 Å². The first-order chi connectivity index (χ1) is 9.43. The van der Waals surface area contributed by atoms with Gasteiger partial charge in [-0.1, -0.05) is 35.3 Å². The fourth-order valence-corrected chi connectivity index (χ4v) is 3.07. The van der Waals surface area contributed by atoms with Crippen molar-refractivity contribution in [2.24, 2.45) is 0 Å². The largest absolute Gasteiger partial charge is 0.309 e. The molecular formula is C16H16Cl2IN. The number of rotatable bonds is 3. The van der Waals surface area contributed by atoms with Crippen LogP contribution in [0.5, 0.6) is 0 Å². The van der Waals surface area contributed by atoms with Gasteiger partial charge in [0.15, 0.2) is 0 Å². The summed E-state index contributed by atoms with van der Waals surface area (Å²) >= 11 is 14.9. The van der Waals surface area contributed by atoms with E-state index in [0.717, 1.165) is 24.7 Å². The second kappa shape index (κ2) is 6.65. The van der Waals surface area contributed by atoms with Crippen molar-refractivity contribution in [3.8, 4) is 0 Å². The Morgan fingerprint density at radius 3 is 2.25 bits per heavy atom. The molecule has 2 aromatic carbocycles. The topological polar surface area (TPSA) is 12.0 Å². The van der Waals surface area contributed by atoms with E-state index in [4.69, 9.17) is 23.2 Å². The molecule has 1 N–H and O–H groups in total. The molecule has 1 atom stereocenters. The number of halogens is 3. The Hall–Kier alpha value is -0.290. The quantitative estimate of drug-likeness (QED) is 0.645. The summed E-state index contributed by atoms with van der Waals surface area (Å²) in [5.74, 6) is 0. The van der Waals surface area contributed by atoms with Gasteiger partial charge in [0.25, 0.3) is 0 Å². The van der Waals surface area contributed by atoms with Gasteiger partial charge in [0, 0.05) is 8.59 Å². The van der Waals surface area contributed by atoms with Crippen molar-refractivity contribution in [1.29, 1.82) is 0 Å². The van der Waals surface area contributed by atoms with E-state index in [1.165, 1.54) is 11.1 Å². The van der Waals surface area contributed by atoms with Gasteiger partial charge in [0.05, 0.1) is 11.1 Å². The van der Waals surface area contributed by atoms with Crippen LogP contribution in [-0.2, 0) is 0 Å². The minimum Gasteiger partial charge on any atom is -0.309 e. The molecule has 0 heterocycles. The molecule has 0 saturated heterocycles. The molecule has 0 saturated carbocycles. The molecule has 0 aliphatic carbocycles. The Bertz CT molecular complexity index is 641. The fourth-order valence-electron chi connectivity index (χ4n) is 2.22. The number of hydrogen-bond acceptors (Lipinski definition) is 1. The lowest BCUT2D eigenvalue weighted by Gasteiger charge is -2.20. The van der Waals surface area contributed by atoms with Crippen molar-refractivity contribution in [1.82, 2.24) is 5.32 Å². The number of nitrogens with one attached hydrogen (secondary N) is 1. The van der Waals surface area contributed by atoms with Crippen molar-refractivity contribution >= 4 is 45.8 Å². The molecule has 0 fully saturated rings. The third-order valence-corrected chi connectivity index (χ3v) is 5.39. The molecule has 0 spiro atoms. The number of aryl methyl sites for hydroxylation is 2. The summed E-state index contributed by atoms with van der Waals surface area (Å²) in [6, 6.07) is 10.3. The van der Waals surface area contributed by atoms with E-state index >= 15 is 0 Å². The predicted octanol–water partition coefficient (Wildman–Crippen LogP) is 5.52. The monoisotopic (exact) mass is 419 g/mol. The van der Waals surface area contributed by atoms with Crippen LogP contribution < -0.4 is 5.32 Å². The van der Waals surface area contributed by atoms with Gasteiger partial charge in [-0.3, -0.25) is 0 Å². The Kier molecular flexibility index (Phi) is 5.35. The van der Waals surface area contributed by atoms with Gasteiger partial charge in [-0.2, -0.15) is 0 Å². The average molecular weight is 420 g/mol. The van der Waals surface area contributed by atoms with Crippen molar-refractivity contribution in [2.45, 2.75) is 19.9 Å². The summed E-state index contributed by atoms with van der Waals surface area (Å²) in [7, 11) is 1.93. The van der Waals surface area contributed by atoms with Crippen molar-refractivity contribution < 1.29 is 0 Å². The molecule has 20 heavy (non-hydrogen) atoms. The highest BCUT2D eigenvalue weighted by Gasteiger charge is 2.17. The second-order valence-electron chi connectivity index (χ2n) is 4.85. The first kappa shape index (κ1) is 16.1. The van der Waals surface area contributed by atoms with E-state index in [1.807, 2.05) is 25.2 Å². The van der Waals surface area contributed by atoms with Crippen LogP contribution in [0.25, 0.3) is 0 Å². The van der Waals surface area contributed by atoms with E-state index in [9.17, 15) is 0 Å². The molecule has 1 nitrogen and oxygen atoms in total. The predicted molar refractivity (Wildman–Crippen MR) is 96.0 cm³/mol. The summed E-state index contributed by atoms with van der Waals surface area (Å²) in [5.41, 5.74) is 4.63. The molecular weight excluding hydrogens is 404 g/mol. The molecule has 0 radical (unpaired) electrons. The van der Waals surface area contributed by atoms with Gasteiger partial charge in [0.2, 0.25) is 0 Å². The highest BCUT2D eigenvalue weighted by atomic mass is 127. The van der Waals surface area contributed by atoms with Crippen LogP contribution in [0.1, 0.15) is 28.3 Å². The first-order valence-electron chi connectivity index (χ1n) is 6.33. The van der Waals surface area contributed by atoms with Gasteiger partial charge in [-0.15, -0.1) is 0 Å². The van der Waals surface area contributed by atoms with E-state index < -0.39 is 0 Å². The maximum Gasteiger partial charge on any atom is 0.0589 e. The van der Waals surface area contributed by atoms with E-state index in [0.29, 0.717) is 0 Å². The first-order valence-corrected chi connectivity index (χ1v) is 8.16. The van der Waals surface area contributed by atoms with Crippen LogP contribution in [0.3, 0.4) is 0 Å². The number of benzene rings is 2. The van der Waals surface area contributed by atoms with Crippen LogP contribution in [0.4, 0.5) is 0 Å². The van der Waals surface area contributed by atoms with E-state index in [-0.39, 0.29) is 6.04 Å². The van der Waals surface area contributed by atoms with Gasteiger partial charge < -0.3 is 5.32 Å². The van der Waals surface area contributed by atoms with Crippen molar-refractivity contribution in [3.05, 3.63) is 66.2 Å². The zero-order valence-corrected chi connectivity index (χ0v) is 15.3. The van der Waals surface area contributed by atoms with Crippen molar-refractivity contribution in [2.75, 3.05) is 7.05 Å². The molecule has 0 aromatic heterocycles. The maximum atomic E-state index is 6.42. The lowest BCUT2D eigenvalue weighted by atomic mass is 9.95. The second-order valence-corrected chi connectivity index (χ2v) is 6.83. The minimum atomic E-state index is 0.0382. The van der Waals surface area contributed by atoms with E-state index in [2.05, 4.69) is 53.9 Å². The highest BCUT2D eigenvalue weighted by molar-refractivity contribution is 14.1. The Balaban J connectivity index is 2.52. The third kappa shape index (κ3) is 3.30. The average Bonchev–Trinajstić information content (AvgIpc) is 2.40. The molecule has 2 aromatic rings. The summed E-state index contributed by atoms with van der Waals surface area (Å²) < 4.78 is 1.05. The zero-order chi connectivity index (χ0) is 14.9. The Morgan fingerprint density at radius 1 is 1.00 bits per heavy atom. The molecule has 106 valence electrons. The molecule has 0 aliphatic heterocycles. The van der Waals surface area contributed by atoms with E-state index in [1.54, 1.807) is 0 Å². The molecule has 2 rings (SSSR count). The molecule has 0 aliphatic rings. The Morgan fingerprint density at radius 2 is 1.65 bits per heavy atom. The normalized spacial score (nSPS) is 12.5. The lowest BCUT2D eigenvalue weighted by Crippen LogP contribution is -2.18. The van der Waals surface area contributed by atoms with Gasteiger partial charge in [0.1, 0.15) is 0 Å². The van der Waals surface area contributed by atoms with Crippen LogP contribution in [0.2, 0.25) is 10.0 Å². The van der Waals surface area contributed by atoms with Crippen molar-refractivity contribution in [3.63, 3.8) is 0 Å². The summed E-state index contributed by atoms with van der Waals surface area (Å²) in [6.07, 6.45) is 0. The van der Waals surface area contributed by atoms with Gasteiger partial charge >= 0.3 is 0 Å². The molecule has 0 amide bonds. The van der Waals surface area contributed by atoms with Crippen LogP contribution >= 0.6 is 45.8 Å². The van der Waals surface area contributed by atoms with Gasteiger partial charge in [-0.05, 0) is 83.9 Å². The molecule has 4 heteroatoms. The van der Waals surface area contributed by atoms with Crippen LogP contribution in [-0.4, -0.2) is 7.05 Å². The molecule has 1 unspecified atom stereocenters. The lowest BCUT2D eigenvalue weighted by molar-refractivity contribution is 0.691. The minimum absolute atomic E-state index is 0.0382. The Labute approximate surface area is 143 Å². The maximum absolute atomic E-state index is 6.42. The highest BCUT2D eigenvalue weighted by Crippen LogP contribution is 2.32. The molecule has 0 bridgehead atoms. The summed E-state index contributed by atoms with van der Waals surface area (Å²) in [5, 5.41) is 4.87. The fraction of sp³-hybridized carbons (Fsp3) is 0.250. The number of hydrogen-bond donors (Lipinski definition) is 1. The SMILES string of the molecule is CNC(c1ccc(I)c(Cl)c1)c1cc(C)c(C)cc1Cl. The summed E-state index contributed by atoms with van der Waals surface area (Å²) in [4.78, 5) is 0.